The Morgan fingerprint density at radius 3 is 2.45 bits per heavy atom. The Balaban J connectivity index is 0.000000458. The highest BCUT2D eigenvalue weighted by Gasteiger charge is 2.26. The fourth-order valence-corrected chi connectivity index (χ4v) is 4.36. The standard InChI is InChI=1S/C17H19N5O2S.C4H8/c1-9-19-13-12-11(21(2)3)7-8-18-16(12)25-14(13)17(24)22(9)20-15(23)10-5-4-6-10;1-2-4-3-1/h7-8,10H,4-6H2,1-3H3,(H,20,23);1-4H2. The minimum Gasteiger partial charge on any atom is -0.377 e. The number of nitrogens with one attached hydrogen (secondary N) is 1. The maximum atomic E-state index is 12.9. The maximum Gasteiger partial charge on any atom is 0.290 e. The lowest BCUT2D eigenvalue weighted by Crippen LogP contribution is -2.39. The molecule has 29 heavy (non-hydrogen) atoms. The quantitative estimate of drug-likeness (QED) is 0.706. The average Bonchev–Trinajstić information content (AvgIpc) is 2.94. The lowest BCUT2D eigenvalue weighted by atomic mass is 9.85. The molecular formula is C21H27N5O2S. The second-order valence-corrected chi connectivity index (χ2v) is 9.00. The van der Waals surface area contributed by atoms with E-state index in [2.05, 4.69) is 15.4 Å². The van der Waals surface area contributed by atoms with Gasteiger partial charge >= 0.3 is 0 Å². The van der Waals surface area contributed by atoms with Crippen LogP contribution in [0.4, 0.5) is 5.69 Å². The number of aromatic nitrogens is 3. The van der Waals surface area contributed by atoms with Crippen molar-refractivity contribution in [3.63, 3.8) is 0 Å². The summed E-state index contributed by atoms with van der Waals surface area (Å²) in [5.74, 6) is 0.371. The van der Waals surface area contributed by atoms with Crippen LogP contribution in [0.15, 0.2) is 17.1 Å². The molecule has 1 N–H and O–H groups in total. The molecule has 0 bridgehead atoms. The number of pyridine rings is 1. The van der Waals surface area contributed by atoms with Crippen molar-refractivity contribution in [2.75, 3.05) is 24.4 Å². The molecule has 3 heterocycles. The number of rotatable bonds is 3. The number of hydrogen-bond donors (Lipinski definition) is 1. The summed E-state index contributed by atoms with van der Waals surface area (Å²) in [4.78, 5) is 36.9. The molecule has 2 aliphatic carbocycles. The van der Waals surface area contributed by atoms with Gasteiger partial charge < -0.3 is 4.90 Å². The second kappa shape index (κ2) is 8.10. The maximum absolute atomic E-state index is 12.9. The number of nitrogens with zero attached hydrogens (tertiary/aromatic N) is 4. The summed E-state index contributed by atoms with van der Waals surface area (Å²) in [6.07, 6.45) is 10.6. The van der Waals surface area contributed by atoms with Gasteiger partial charge in [-0.05, 0) is 25.8 Å². The summed E-state index contributed by atoms with van der Waals surface area (Å²) in [5, 5.41) is 0.880. The predicted octanol–water partition coefficient (Wildman–Crippen LogP) is 3.81. The molecule has 154 valence electrons. The molecule has 0 radical (unpaired) electrons. The number of fused-ring (bicyclic) bond motifs is 3. The Kier molecular flexibility index (Phi) is 5.54. The lowest BCUT2D eigenvalue weighted by Gasteiger charge is -2.24. The fourth-order valence-electron chi connectivity index (χ4n) is 3.33. The molecule has 0 saturated heterocycles. The number of carbonyl (C=O) groups is 1. The van der Waals surface area contributed by atoms with Crippen molar-refractivity contribution in [3.8, 4) is 0 Å². The third kappa shape index (κ3) is 3.73. The number of aryl methyl sites for hydroxylation is 1. The van der Waals surface area contributed by atoms with E-state index < -0.39 is 0 Å². The smallest absolute Gasteiger partial charge is 0.290 e. The number of anilines is 1. The minimum absolute atomic E-state index is 0.00594. The molecule has 0 aliphatic heterocycles. The Bertz CT molecular complexity index is 1110. The molecule has 5 rings (SSSR count). The molecular weight excluding hydrogens is 386 g/mol. The van der Waals surface area contributed by atoms with Crippen LogP contribution in [0.25, 0.3) is 20.4 Å². The molecule has 0 atom stereocenters. The van der Waals surface area contributed by atoms with Crippen molar-refractivity contribution in [2.45, 2.75) is 51.9 Å². The van der Waals surface area contributed by atoms with Crippen molar-refractivity contribution in [3.05, 3.63) is 28.4 Å². The van der Waals surface area contributed by atoms with E-state index in [1.165, 1.54) is 41.7 Å². The van der Waals surface area contributed by atoms with Gasteiger partial charge in [-0.1, -0.05) is 32.1 Å². The lowest BCUT2D eigenvalue weighted by molar-refractivity contribution is -0.123. The summed E-state index contributed by atoms with van der Waals surface area (Å²) in [6, 6.07) is 1.91. The van der Waals surface area contributed by atoms with Crippen molar-refractivity contribution in [1.29, 1.82) is 0 Å². The van der Waals surface area contributed by atoms with Gasteiger partial charge in [-0.3, -0.25) is 15.0 Å². The van der Waals surface area contributed by atoms with E-state index in [1.54, 1.807) is 13.1 Å². The first-order valence-corrected chi connectivity index (χ1v) is 11.1. The monoisotopic (exact) mass is 413 g/mol. The van der Waals surface area contributed by atoms with Crippen molar-refractivity contribution < 1.29 is 4.79 Å². The number of thiophene rings is 1. The fraction of sp³-hybridized carbons (Fsp3) is 0.524. The summed E-state index contributed by atoms with van der Waals surface area (Å²) in [5.41, 5.74) is 4.10. The largest absolute Gasteiger partial charge is 0.377 e. The van der Waals surface area contributed by atoms with E-state index in [0.29, 0.717) is 16.0 Å². The molecule has 2 aliphatic rings. The Morgan fingerprint density at radius 1 is 1.21 bits per heavy atom. The van der Waals surface area contributed by atoms with E-state index in [1.807, 2.05) is 25.1 Å². The van der Waals surface area contributed by atoms with Crippen LogP contribution in [0, 0.1) is 12.8 Å². The van der Waals surface area contributed by atoms with E-state index in [4.69, 9.17) is 0 Å². The molecule has 2 fully saturated rings. The van der Waals surface area contributed by atoms with Crippen LogP contribution in [-0.2, 0) is 4.79 Å². The normalized spacial score (nSPS) is 16.0. The van der Waals surface area contributed by atoms with Crippen LogP contribution in [0.1, 0.15) is 50.8 Å². The highest BCUT2D eigenvalue weighted by atomic mass is 32.1. The first-order chi connectivity index (χ1) is 14.0. The Labute approximate surface area is 173 Å². The van der Waals surface area contributed by atoms with Crippen LogP contribution in [0.3, 0.4) is 0 Å². The van der Waals surface area contributed by atoms with Gasteiger partial charge in [0.1, 0.15) is 20.9 Å². The Hall–Kier alpha value is -2.48. The molecule has 1 amide bonds. The van der Waals surface area contributed by atoms with Crippen LogP contribution < -0.4 is 15.9 Å². The van der Waals surface area contributed by atoms with E-state index in [9.17, 15) is 9.59 Å². The zero-order chi connectivity index (χ0) is 20.5. The zero-order valence-electron chi connectivity index (χ0n) is 17.2. The van der Waals surface area contributed by atoms with Gasteiger partial charge in [0, 0.05) is 26.2 Å². The van der Waals surface area contributed by atoms with Gasteiger partial charge in [0.05, 0.1) is 11.1 Å². The summed E-state index contributed by atoms with van der Waals surface area (Å²) in [7, 11) is 3.90. The second-order valence-electron chi connectivity index (χ2n) is 8.00. The topological polar surface area (TPSA) is 80.1 Å². The summed E-state index contributed by atoms with van der Waals surface area (Å²) < 4.78 is 1.78. The molecule has 0 aromatic carbocycles. The molecule has 0 spiro atoms. The van der Waals surface area contributed by atoms with E-state index >= 15 is 0 Å². The average molecular weight is 414 g/mol. The van der Waals surface area contributed by atoms with E-state index in [-0.39, 0.29) is 17.4 Å². The highest BCUT2D eigenvalue weighted by Crippen LogP contribution is 2.35. The number of amides is 1. The van der Waals surface area contributed by atoms with Gasteiger partial charge in [-0.2, -0.15) is 0 Å². The van der Waals surface area contributed by atoms with Gasteiger partial charge in [-0.15, -0.1) is 11.3 Å². The van der Waals surface area contributed by atoms with Gasteiger partial charge in [0.15, 0.2) is 0 Å². The SMILES string of the molecule is C1CCC1.Cc1nc2c(sc3nccc(N(C)C)c32)c(=O)n1NC(=O)C1CCC1. The van der Waals surface area contributed by atoms with Gasteiger partial charge in [0.2, 0.25) is 5.91 Å². The van der Waals surface area contributed by atoms with Gasteiger partial charge in [-0.25, -0.2) is 14.6 Å². The molecule has 3 aromatic rings. The minimum atomic E-state index is -0.247. The highest BCUT2D eigenvalue weighted by molar-refractivity contribution is 7.25. The predicted molar refractivity (Wildman–Crippen MR) is 118 cm³/mol. The number of carbonyl (C=O) groups excluding carboxylic acids is 1. The van der Waals surface area contributed by atoms with Crippen molar-refractivity contribution >= 4 is 43.4 Å². The third-order valence-electron chi connectivity index (χ3n) is 5.72. The molecule has 3 aromatic heterocycles. The summed E-state index contributed by atoms with van der Waals surface area (Å²) in [6.45, 7) is 1.73. The first-order valence-electron chi connectivity index (χ1n) is 10.3. The van der Waals surface area contributed by atoms with Gasteiger partial charge in [0.25, 0.3) is 5.56 Å². The molecule has 0 unspecified atom stereocenters. The van der Waals surface area contributed by atoms with Crippen molar-refractivity contribution in [2.24, 2.45) is 5.92 Å². The summed E-state index contributed by atoms with van der Waals surface area (Å²) >= 11 is 1.31. The molecule has 8 heteroatoms. The van der Waals surface area contributed by atoms with E-state index in [0.717, 1.165) is 35.2 Å². The van der Waals surface area contributed by atoms with Crippen LogP contribution in [-0.4, -0.2) is 34.6 Å². The van der Waals surface area contributed by atoms with Crippen LogP contribution in [0.2, 0.25) is 0 Å². The molecule has 7 nitrogen and oxygen atoms in total. The first kappa shape index (κ1) is 19.8. The third-order valence-corrected chi connectivity index (χ3v) is 6.79. The Morgan fingerprint density at radius 2 is 1.90 bits per heavy atom. The molecule has 2 saturated carbocycles. The number of hydrogen-bond acceptors (Lipinski definition) is 6. The van der Waals surface area contributed by atoms with Crippen LogP contribution >= 0.6 is 11.3 Å². The van der Waals surface area contributed by atoms with Crippen LogP contribution in [0.5, 0.6) is 0 Å². The van der Waals surface area contributed by atoms with Crippen molar-refractivity contribution in [1.82, 2.24) is 14.6 Å². The zero-order valence-corrected chi connectivity index (χ0v) is 18.0.